The highest BCUT2D eigenvalue weighted by Gasteiger charge is 2.05. The van der Waals surface area contributed by atoms with Crippen LogP contribution in [0.25, 0.3) is 10.9 Å². The van der Waals surface area contributed by atoms with Crippen molar-refractivity contribution in [3.63, 3.8) is 0 Å². The average molecular weight is 285 g/mol. The fourth-order valence-corrected chi connectivity index (χ4v) is 2.28. The largest absolute Gasteiger partial charge is 0.369 e. The van der Waals surface area contributed by atoms with Gasteiger partial charge in [0.2, 0.25) is 0 Å². The number of halogens is 1. The highest BCUT2D eigenvalue weighted by atomic mass is 35.5. The summed E-state index contributed by atoms with van der Waals surface area (Å²) in [4.78, 5) is 6.40. The lowest BCUT2D eigenvalue weighted by molar-refractivity contribution is 0.904. The number of hydrogen-bond donors (Lipinski definition) is 0. The van der Waals surface area contributed by atoms with Gasteiger partial charge in [-0.2, -0.15) is 5.10 Å². The molecule has 0 aliphatic heterocycles. The van der Waals surface area contributed by atoms with E-state index in [-0.39, 0.29) is 0 Å². The SMILES string of the molecule is CN(Cc1ccc2ncccc2c1)c1cnnc(Cl)c1. The van der Waals surface area contributed by atoms with E-state index in [1.165, 1.54) is 5.56 Å². The number of fused-ring (bicyclic) bond motifs is 1. The molecule has 0 N–H and O–H groups in total. The minimum absolute atomic E-state index is 0.400. The van der Waals surface area contributed by atoms with Crippen LogP contribution in [0.5, 0.6) is 0 Å². The second kappa shape index (κ2) is 5.43. The van der Waals surface area contributed by atoms with Gasteiger partial charge in [0.15, 0.2) is 5.15 Å². The Labute approximate surface area is 122 Å². The first-order valence-electron chi connectivity index (χ1n) is 6.25. The lowest BCUT2D eigenvalue weighted by Gasteiger charge is -2.19. The van der Waals surface area contributed by atoms with Crippen LogP contribution in [-0.4, -0.2) is 22.2 Å². The quantitative estimate of drug-likeness (QED) is 0.740. The zero-order chi connectivity index (χ0) is 13.9. The van der Waals surface area contributed by atoms with Crippen molar-refractivity contribution in [3.8, 4) is 0 Å². The third-order valence-electron chi connectivity index (χ3n) is 3.14. The number of benzene rings is 1. The van der Waals surface area contributed by atoms with Crippen molar-refractivity contribution in [1.82, 2.24) is 15.2 Å². The summed E-state index contributed by atoms with van der Waals surface area (Å²) in [5, 5.41) is 9.16. The van der Waals surface area contributed by atoms with E-state index in [0.29, 0.717) is 5.15 Å². The molecule has 2 aromatic heterocycles. The first kappa shape index (κ1) is 12.8. The van der Waals surface area contributed by atoms with E-state index in [0.717, 1.165) is 23.1 Å². The zero-order valence-corrected chi connectivity index (χ0v) is 11.7. The molecular formula is C15H13ClN4. The monoisotopic (exact) mass is 284 g/mol. The van der Waals surface area contributed by atoms with Gasteiger partial charge in [-0.3, -0.25) is 4.98 Å². The van der Waals surface area contributed by atoms with Crippen molar-refractivity contribution < 1.29 is 0 Å². The summed E-state index contributed by atoms with van der Waals surface area (Å²) in [6.07, 6.45) is 3.51. The summed E-state index contributed by atoms with van der Waals surface area (Å²) < 4.78 is 0. The summed E-state index contributed by atoms with van der Waals surface area (Å²) in [5.74, 6) is 0. The normalized spacial score (nSPS) is 10.7. The second-order valence-corrected chi connectivity index (χ2v) is 5.01. The number of rotatable bonds is 3. The summed E-state index contributed by atoms with van der Waals surface area (Å²) in [6.45, 7) is 0.771. The zero-order valence-electron chi connectivity index (χ0n) is 11.0. The molecule has 0 saturated carbocycles. The molecule has 0 radical (unpaired) electrons. The molecule has 5 heteroatoms. The van der Waals surface area contributed by atoms with Gasteiger partial charge in [0.25, 0.3) is 0 Å². The number of pyridine rings is 1. The van der Waals surface area contributed by atoms with E-state index in [1.54, 1.807) is 18.5 Å². The van der Waals surface area contributed by atoms with Gasteiger partial charge in [-0.25, -0.2) is 0 Å². The van der Waals surface area contributed by atoms with Crippen molar-refractivity contribution in [3.05, 3.63) is 59.5 Å². The van der Waals surface area contributed by atoms with Gasteiger partial charge in [0.05, 0.1) is 17.4 Å². The molecule has 0 bridgehead atoms. The van der Waals surface area contributed by atoms with Crippen LogP contribution in [0, 0.1) is 0 Å². The number of anilines is 1. The van der Waals surface area contributed by atoms with Crippen LogP contribution in [0.4, 0.5) is 5.69 Å². The number of aromatic nitrogens is 3. The van der Waals surface area contributed by atoms with E-state index in [2.05, 4.69) is 38.3 Å². The van der Waals surface area contributed by atoms with Gasteiger partial charge in [-0.05, 0) is 23.8 Å². The Morgan fingerprint density at radius 3 is 2.95 bits per heavy atom. The third-order valence-corrected chi connectivity index (χ3v) is 3.32. The van der Waals surface area contributed by atoms with Gasteiger partial charge in [-0.1, -0.05) is 23.7 Å². The molecule has 0 atom stereocenters. The van der Waals surface area contributed by atoms with E-state index in [4.69, 9.17) is 11.6 Å². The van der Waals surface area contributed by atoms with Crippen LogP contribution in [0.1, 0.15) is 5.56 Å². The lowest BCUT2D eigenvalue weighted by Crippen LogP contribution is -2.16. The Morgan fingerprint density at radius 2 is 2.10 bits per heavy atom. The highest BCUT2D eigenvalue weighted by molar-refractivity contribution is 6.29. The third kappa shape index (κ3) is 2.70. The highest BCUT2D eigenvalue weighted by Crippen LogP contribution is 2.19. The Hall–Kier alpha value is -2.20. The molecule has 4 nitrogen and oxygen atoms in total. The average Bonchev–Trinajstić information content (AvgIpc) is 2.47. The molecule has 3 aromatic rings. The maximum absolute atomic E-state index is 5.86. The molecule has 20 heavy (non-hydrogen) atoms. The van der Waals surface area contributed by atoms with Gasteiger partial charge in [0, 0.05) is 31.2 Å². The Morgan fingerprint density at radius 1 is 1.20 bits per heavy atom. The molecule has 0 spiro atoms. The molecule has 0 fully saturated rings. The maximum Gasteiger partial charge on any atom is 0.153 e. The van der Waals surface area contributed by atoms with Crippen molar-refractivity contribution in [2.45, 2.75) is 6.54 Å². The van der Waals surface area contributed by atoms with Gasteiger partial charge in [0.1, 0.15) is 0 Å². The fourth-order valence-electron chi connectivity index (χ4n) is 2.13. The summed E-state index contributed by atoms with van der Waals surface area (Å²) >= 11 is 5.86. The first-order valence-corrected chi connectivity index (χ1v) is 6.63. The topological polar surface area (TPSA) is 41.9 Å². The maximum atomic E-state index is 5.86. The molecule has 2 heterocycles. The molecule has 0 amide bonds. The molecule has 0 aliphatic rings. The number of nitrogens with zero attached hydrogens (tertiary/aromatic N) is 4. The standard InChI is InChI=1S/C15H13ClN4/c1-20(13-8-15(16)19-18-9-13)10-11-4-5-14-12(7-11)3-2-6-17-14/h2-9H,10H2,1H3. The van der Waals surface area contributed by atoms with Crippen molar-refractivity contribution >= 4 is 28.2 Å². The van der Waals surface area contributed by atoms with Crippen molar-refractivity contribution in [2.75, 3.05) is 11.9 Å². The minimum Gasteiger partial charge on any atom is -0.369 e. The van der Waals surface area contributed by atoms with Gasteiger partial charge in [-0.15, -0.1) is 5.10 Å². The minimum atomic E-state index is 0.400. The Bertz CT molecular complexity index is 745. The molecule has 100 valence electrons. The molecule has 1 aromatic carbocycles. The van der Waals surface area contributed by atoms with E-state index >= 15 is 0 Å². The summed E-state index contributed by atoms with van der Waals surface area (Å²) in [5.41, 5.74) is 3.16. The van der Waals surface area contributed by atoms with Gasteiger partial charge < -0.3 is 4.90 Å². The van der Waals surface area contributed by atoms with E-state index < -0.39 is 0 Å². The Balaban J connectivity index is 1.85. The van der Waals surface area contributed by atoms with Crippen LogP contribution in [0.2, 0.25) is 5.15 Å². The van der Waals surface area contributed by atoms with Crippen molar-refractivity contribution in [2.24, 2.45) is 0 Å². The van der Waals surface area contributed by atoms with Gasteiger partial charge >= 0.3 is 0 Å². The molecule has 3 rings (SSSR count). The molecule has 0 saturated heterocycles. The first-order chi connectivity index (χ1) is 9.72. The molecular weight excluding hydrogens is 272 g/mol. The Kier molecular flexibility index (Phi) is 3.48. The number of hydrogen-bond acceptors (Lipinski definition) is 4. The van der Waals surface area contributed by atoms with Crippen molar-refractivity contribution in [1.29, 1.82) is 0 Å². The summed E-state index contributed by atoms with van der Waals surface area (Å²) in [6, 6.07) is 12.1. The van der Waals surface area contributed by atoms with Crippen LogP contribution in [-0.2, 0) is 6.54 Å². The molecule has 0 unspecified atom stereocenters. The van der Waals surface area contributed by atoms with Crippen LogP contribution < -0.4 is 4.90 Å². The summed E-state index contributed by atoms with van der Waals surface area (Å²) in [7, 11) is 2.00. The smallest absolute Gasteiger partial charge is 0.153 e. The molecule has 0 aliphatic carbocycles. The van der Waals surface area contributed by atoms with E-state index in [9.17, 15) is 0 Å². The fraction of sp³-hybridized carbons (Fsp3) is 0.133. The van der Waals surface area contributed by atoms with Crippen LogP contribution in [0.15, 0.2) is 48.8 Å². The predicted molar refractivity (Wildman–Crippen MR) is 80.9 cm³/mol. The lowest BCUT2D eigenvalue weighted by atomic mass is 10.1. The van der Waals surface area contributed by atoms with Crippen LogP contribution >= 0.6 is 11.6 Å². The second-order valence-electron chi connectivity index (χ2n) is 4.62. The van der Waals surface area contributed by atoms with Crippen LogP contribution in [0.3, 0.4) is 0 Å². The predicted octanol–water partition coefficient (Wildman–Crippen LogP) is 3.31. The van der Waals surface area contributed by atoms with E-state index in [1.807, 2.05) is 19.2 Å².